The van der Waals surface area contributed by atoms with Gasteiger partial charge in [-0.2, -0.15) is 16.3 Å². The molecule has 0 fully saturated rings. The second-order valence-corrected chi connectivity index (χ2v) is 10.1. The maximum atomic E-state index is 13.7. The molecule has 0 unspecified atom stereocenters. The van der Waals surface area contributed by atoms with Crippen molar-refractivity contribution in [1.82, 2.24) is 9.88 Å². The Hall–Kier alpha value is -3.32. The summed E-state index contributed by atoms with van der Waals surface area (Å²) in [5, 5.41) is 5.14. The minimum atomic E-state index is -0.688. The molecule has 0 aliphatic heterocycles. The lowest BCUT2D eigenvalue weighted by molar-refractivity contribution is -0.689. The van der Waals surface area contributed by atoms with Crippen molar-refractivity contribution in [2.45, 2.75) is 52.2 Å². The van der Waals surface area contributed by atoms with Crippen LogP contribution in [0.3, 0.4) is 0 Å². The number of esters is 1. The molecule has 7 heteroatoms. The Morgan fingerprint density at radius 2 is 1.78 bits per heavy atom. The Morgan fingerprint density at radius 1 is 1.03 bits per heavy atom. The molecule has 1 amide bonds. The Labute approximate surface area is 223 Å². The fourth-order valence-corrected chi connectivity index (χ4v) is 5.17. The van der Waals surface area contributed by atoms with Gasteiger partial charge in [0.2, 0.25) is 0 Å². The summed E-state index contributed by atoms with van der Waals surface area (Å²) < 4.78 is 9.62. The summed E-state index contributed by atoms with van der Waals surface area (Å²) in [7, 11) is 0. The molecule has 4 rings (SSSR count). The Balaban J connectivity index is 1.83. The molecule has 2 aromatic carbocycles. The van der Waals surface area contributed by atoms with Crippen LogP contribution in [0, 0.1) is 0 Å². The number of pyridine rings is 1. The Morgan fingerprint density at radius 3 is 2.51 bits per heavy atom. The number of unbranched alkanes of at least 4 members (excludes halogenated alkanes) is 1. The van der Waals surface area contributed by atoms with Crippen LogP contribution in [0.4, 0.5) is 0 Å². The fourth-order valence-electron chi connectivity index (χ4n) is 4.70. The van der Waals surface area contributed by atoms with Gasteiger partial charge in [0.05, 0.1) is 6.61 Å². The van der Waals surface area contributed by atoms with Crippen molar-refractivity contribution in [3.63, 3.8) is 0 Å². The number of carbonyl (C=O) groups is 2. The molecule has 0 radical (unpaired) electrons. The first-order valence-corrected chi connectivity index (χ1v) is 14.4. The third-order valence-corrected chi connectivity index (χ3v) is 7.22. The van der Waals surface area contributed by atoms with Crippen LogP contribution in [0.15, 0.2) is 66.9 Å². The number of para-hydroxylation sites is 1. The maximum absolute atomic E-state index is 13.7. The normalized spacial score (nSPS) is 12.1. The Kier molecular flexibility index (Phi) is 9.23. The highest BCUT2D eigenvalue weighted by Gasteiger charge is 2.29. The molecule has 4 aromatic rings. The van der Waals surface area contributed by atoms with Crippen LogP contribution in [-0.2, 0) is 22.6 Å². The number of nitrogens with one attached hydrogen (secondary N) is 1. The first-order chi connectivity index (χ1) is 18.1. The molecule has 0 spiro atoms. The molecule has 2 aromatic heterocycles. The van der Waals surface area contributed by atoms with E-state index >= 15 is 0 Å². The summed E-state index contributed by atoms with van der Waals surface area (Å²) in [6.07, 6.45) is 6.77. The standard InChI is InChI=1S/C30H35N3O3S/c1-4-6-17-33-26-15-11-10-14-23(26)24-19-27(29(34)31-25(16-18-37-3)30(35)36-5-2)32(21-28(24)33)20-22-12-8-7-9-13-22/h7-15,19,21,25H,4-6,16-18,20H2,1-3H3/p+1/t25-/m0/s1. The van der Waals surface area contributed by atoms with Gasteiger partial charge in [-0.25, -0.2) is 4.79 Å². The van der Waals surface area contributed by atoms with Crippen LogP contribution in [0.2, 0.25) is 0 Å². The predicted molar refractivity (Wildman–Crippen MR) is 151 cm³/mol. The van der Waals surface area contributed by atoms with Crippen LogP contribution in [0.25, 0.3) is 21.8 Å². The van der Waals surface area contributed by atoms with Crippen LogP contribution in [0.1, 0.15) is 49.2 Å². The topological polar surface area (TPSA) is 64.2 Å². The monoisotopic (exact) mass is 518 g/mol. The van der Waals surface area contributed by atoms with Gasteiger partial charge in [-0.3, -0.25) is 4.79 Å². The minimum absolute atomic E-state index is 0.276. The maximum Gasteiger partial charge on any atom is 0.328 e. The molecular weight excluding hydrogens is 482 g/mol. The van der Waals surface area contributed by atoms with Gasteiger partial charge in [-0.15, -0.1) is 0 Å². The highest BCUT2D eigenvalue weighted by Crippen LogP contribution is 2.29. The predicted octanol–water partition coefficient (Wildman–Crippen LogP) is 5.35. The molecule has 0 bridgehead atoms. The van der Waals surface area contributed by atoms with Crippen LogP contribution in [0.5, 0.6) is 0 Å². The highest BCUT2D eigenvalue weighted by atomic mass is 32.2. The van der Waals surface area contributed by atoms with Gasteiger partial charge in [0.15, 0.2) is 12.7 Å². The van der Waals surface area contributed by atoms with Crippen LogP contribution >= 0.6 is 11.8 Å². The first kappa shape index (κ1) is 26.7. The van der Waals surface area contributed by atoms with E-state index in [2.05, 4.69) is 53.3 Å². The molecule has 0 saturated heterocycles. The lowest BCUT2D eigenvalue weighted by Crippen LogP contribution is -2.49. The van der Waals surface area contributed by atoms with Gasteiger partial charge >= 0.3 is 11.9 Å². The Bertz CT molecular complexity index is 1370. The van der Waals surface area contributed by atoms with E-state index in [4.69, 9.17) is 4.74 Å². The van der Waals surface area contributed by atoms with Gasteiger partial charge < -0.3 is 14.6 Å². The number of hydrogen-bond donors (Lipinski definition) is 1. The second kappa shape index (κ2) is 12.8. The lowest BCUT2D eigenvalue weighted by Gasteiger charge is -2.16. The van der Waals surface area contributed by atoms with Gasteiger partial charge in [-0.1, -0.05) is 61.9 Å². The second-order valence-electron chi connectivity index (χ2n) is 9.15. The van der Waals surface area contributed by atoms with E-state index in [1.807, 2.05) is 41.2 Å². The minimum Gasteiger partial charge on any atom is -0.464 e. The van der Waals surface area contributed by atoms with Gasteiger partial charge in [0, 0.05) is 34.5 Å². The van der Waals surface area contributed by atoms with E-state index in [9.17, 15) is 9.59 Å². The van der Waals surface area contributed by atoms with Crippen molar-refractivity contribution in [3.8, 4) is 0 Å². The molecular formula is C30H36N3O3S+. The number of thioether (sulfide) groups is 1. The molecule has 2 heterocycles. The van der Waals surface area contributed by atoms with Crippen molar-refractivity contribution in [2.24, 2.45) is 0 Å². The number of carbonyl (C=O) groups excluding carboxylic acids is 2. The van der Waals surface area contributed by atoms with E-state index in [1.54, 1.807) is 18.7 Å². The van der Waals surface area contributed by atoms with Crippen molar-refractivity contribution in [1.29, 1.82) is 0 Å². The third kappa shape index (κ3) is 6.16. The number of ether oxygens (including phenoxy) is 1. The molecule has 1 N–H and O–H groups in total. The molecule has 0 aliphatic carbocycles. The molecule has 0 aliphatic rings. The summed E-state index contributed by atoms with van der Waals surface area (Å²) in [6.45, 7) is 5.72. The largest absolute Gasteiger partial charge is 0.464 e. The molecule has 194 valence electrons. The van der Waals surface area contributed by atoms with Crippen molar-refractivity contribution >= 4 is 45.4 Å². The van der Waals surface area contributed by atoms with Gasteiger partial charge in [0.25, 0.3) is 5.69 Å². The summed E-state index contributed by atoms with van der Waals surface area (Å²) >= 11 is 1.64. The quantitative estimate of drug-likeness (QED) is 0.203. The van der Waals surface area contributed by atoms with E-state index in [1.165, 1.54) is 5.52 Å². The lowest BCUT2D eigenvalue weighted by atomic mass is 10.1. The van der Waals surface area contributed by atoms with E-state index in [0.29, 0.717) is 18.7 Å². The van der Waals surface area contributed by atoms with E-state index in [-0.39, 0.29) is 12.5 Å². The van der Waals surface area contributed by atoms with Crippen molar-refractivity contribution in [2.75, 3.05) is 18.6 Å². The number of fused-ring (bicyclic) bond motifs is 3. The average molecular weight is 519 g/mol. The smallest absolute Gasteiger partial charge is 0.328 e. The number of rotatable bonds is 12. The molecule has 0 saturated carbocycles. The number of aryl methyl sites for hydroxylation is 1. The van der Waals surface area contributed by atoms with Gasteiger partial charge in [-0.05, 0) is 37.8 Å². The molecule has 6 nitrogen and oxygen atoms in total. The summed E-state index contributed by atoms with van der Waals surface area (Å²) in [4.78, 5) is 26.4. The summed E-state index contributed by atoms with van der Waals surface area (Å²) in [5.41, 5.74) is 3.89. The molecule has 37 heavy (non-hydrogen) atoms. The summed E-state index contributed by atoms with van der Waals surface area (Å²) in [5.74, 6) is 0.0803. The van der Waals surface area contributed by atoms with E-state index < -0.39 is 12.0 Å². The third-order valence-electron chi connectivity index (χ3n) is 6.57. The molecule has 1 atom stereocenters. The van der Waals surface area contributed by atoms with Crippen molar-refractivity contribution in [3.05, 3.63) is 78.1 Å². The van der Waals surface area contributed by atoms with Gasteiger partial charge in [0.1, 0.15) is 11.6 Å². The highest BCUT2D eigenvalue weighted by molar-refractivity contribution is 7.98. The van der Waals surface area contributed by atoms with Crippen molar-refractivity contribution < 1.29 is 18.9 Å². The van der Waals surface area contributed by atoms with Crippen LogP contribution in [-0.4, -0.2) is 41.1 Å². The number of nitrogens with zero attached hydrogens (tertiary/aromatic N) is 2. The first-order valence-electron chi connectivity index (χ1n) is 13.0. The zero-order chi connectivity index (χ0) is 26.2. The number of benzene rings is 2. The fraction of sp³-hybridized carbons (Fsp3) is 0.367. The number of hydrogen-bond acceptors (Lipinski definition) is 4. The number of amides is 1. The average Bonchev–Trinajstić information content (AvgIpc) is 3.22. The zero-order valence-electron chi connectivity index (χ0n) is 21.9. The SMILES string of the molecule is CCCCn1c2ccccc2c2cc(C(=O)N[C@@H](CCSC)C(=O)OCC)[n+](Cc3ccccc3)cc21. The summed E-state index contributed by atoms with van der Waals surface area (Å²) in [6, 6.07) is 19.8. The van der Waals surface area contributed by atoms with Crippen LogP contribution < -0.4 is 9.88 Å². The zero-order valence-corrected chi connectivity index (χ0v) is 22.7. The van der Waals surface area contributed by atoms with E-state index in [0.717, 1.165) is 47.0 Å². The number of aromatic nitrogens is 2.